The lowest BCUT2D eigenvalue weighted by Crippen LogP contribution is -2.27. The maximum Gasteiger partial charge on any atom is 0.240 e. The monoisotopic (exact) mass is 363 g/mol. The number of rotatable bonds is 6. The van der Waals surface area contributed by atoms with Crippen molar-refractivity contribution < 1.29 is 13.2 Å². The quantitative estimate of drug-likeness (QED) is 0.823. The van der Waals surface area contributed by atoms with Crippen molar-refractivity contribution in [2.24, 2.45) is 0 Å². The molecule has 2 rings (SSSR count). The van der Waals surface area contributed by atoms with Crippen LogP contribution in [0.1, 0.15) is 12.0 Å². The van der Waals surface area contributed by atoms with Gasteiger partial charge in [-0.3, -0.25) is 4.79 Å². The van der Waals surface area contributed by atoms with E-state index in [4.69, 9.17) is 16.9 Å². The summed E-state index contributed by atoms with van der Waals surface area (Å²) in [6, 6.07) is 14.3. The number of benzene rings is 2. The van der Waals surface area contributed by atoms with Gasteiger partial charge in [0, 0.05) is 23.7 Å². The van der Waals surface area contributed by atoms with Gasteiger partial charge in [0.05, 0.1) is 16.5 Å². The van der Waals surface area contributed by atoms with Crippen LogP contribution in [0, 0.1) is 11.3 Å². The van der Waals surface area contributed by atoms with E-state index < -0.39 is 10.0 Å². The van der Waals surface area contributed by atoms with Crippen LogP contribution < -0.4 is 10.0 Å². The number of sulfonamides is 1. The topological polar surface area (TPSA) is 99.1 Å². The second kappa shape index (κ2) is 7.93. The Balaban J connectivity index is 1.89. The van der Waals surface area contributed by atoms with E-state index in [1.807, 2.05) is 6.07 Å². The van der Waals surface area contributed by atoms with Crippen LogP contribution in [0.15, 0.2) is 53.4 Å². The van der Waals surface area contributed by atoms with Crippen molar-refractivity contribution in [2.45, 2.75) is 11.3 Å². The third-order valence-electron chi connectivity index (χ3n) is 3.03. The Morgan fingerprint density at radius 1 is 1.17 bits per heavy atom. The average Bonchev–Trinajstić information content (AvgIpc) is 2.55. The number of carbonyl (C=O) groups is 1. The maximum atomic E-state index is 12.1. The molecule has 6 nitrogen and oxygen atoms in total. The van der Waals surface area contributed by atoms with Crippen LogP contribution in [0.25, 0.3) is 0 Å². The predicted octanol–water partition coefficient (Wildman–Crippen LogP) is 2.52. The number of carbonyl (C=O) groups excluding carboxylic acids is 1. The highest BCUT2D eigenvalue weighted by atomic mass is 35.5. The Morgan fingerprint density at radius 2 is 1.92 bits per heavy atom. The minimum absolute atomic E-state index is 0.0390. The fourth-order valence-corrected chi connectivity index (χ4v) is 3.24. The first-order chi connectivity index (χ1) is 11.4. The minimum atomic E-state index is -3.72. The molecule has 0 unspecified atom stereocenters. The van der Waals surface area contributed by atoms with Crippen molar-refractivity contribution in [3.8, 4) is 6.07 Å². The molecule has 2 aromatic carbocycles. The summed E-state index contributed by atoms with van der Waals surface area (Å²) < 4.78 is 26.5. The van der Waals surface area contributed by atoms with Crippen molar-refractivity contribution in [3.05, 3.63) is 59.1 Å². The first-order valence-corrected chi connectivity index (χ1v) is 8.82. The molecule has 2 aromatic rings. The lowest BCUT2D eigenvalue weighted by Gasteiger charge is -2.08. The highest BCUT2D eigenvalue weighted by Crippen LogP contribution is 2.15. The SMILES string of the molecule is N#Cc1cccc(NC(=O)CCNS(=O)(=O)c2cccc(Cl)c2)c1. The molecule has 0 fully saturated rings. The summed E-state index contributed by atoms with van der Waals surface area (Å²) in [5, 5.41) is 11.7. The fraction of sp³-hybridized carbons (Fsp3) is 0.125. The summed E-state index contributed by atoms with van der Waals surface area (Å²) in [5.41, 5.74) is 0.909. The molecule has 0 heterocycles. The van der Waals surface area contributed by atoms with Gasteiger partial charge in [0.25, 0.3) is 0 Å². The van der Waals surface area contributed by atoms with Gasteiger partial charge in [-0.25, -0.2) is 13.1 Å². The van der Waals surface area contributed by atoms with Crippen molar-refractivity contribution in [3.63, 3.8) is 0 Å². The molecule has 0 aliphatic heterocycles. The molecule has 0 radical (unpaired) electrons. The Bertz CT molecular complexity index is 891. The first kappa shape index (κ1) is 17.9. The van der Waals surface area contributed by atoms with Crippen LogP contribution in [-0.2, 0) is 14.8 Å². The highest BCUT2D eigenvalue weighted by molar-refractivity contribution is 7.89. The summed E-state index contributed by atoms with van der Waals surface area (Å²) in [4.78, 5) is 11.9. The summed E-state index contributed by atoms with van der Waals surface area (Å²) in [6.07, 6.45) is -0.0451. The number of hydrogen-bond acceptors (Lipinski definition) is 4. The number of halogens is 1. The maximum absolute atomic E-state index is 12.1. The van der Waals surface area contributed by atoms with Crippen LogP contribution in [0.3, 0.4) is 0 Å². The Morgan fingerprint density at radius 3 is 2.62 bits per heavy atom. The van der Waals surface area contributed by atoms with E-state index in [2.05, 4.69) is 10.0 Å². The van der Waals surface area contributed by atoms with E-state index in [9.17, 15) is 13.2 Å². The zero-order valence-electron chi connectivity index (χ0n) is 12.5. The summed E-state index contributed by atoms with van der Waals surface area (Å²) >= 11 is 5.77. The van der Waals surface area contributed by atoms with Gasteiger partial charge in [-0.05, 0) is 36.4 Å². The molecule has 0 bridgehead atoms. The molecule has 0 saturated heterocycles. The number of hydrogen-bond donors (Lipinski definition) is 2. The normalized spacial score (nSPS) is 10.8. The first-order valence-electron chi connectivity index (χ1n) is 6.96. The number of nitriles is 1. The summed E-state index contributed by atoms with van der Waals surface area (Å²) in [5.74, 6) is -0.362. The van der Waals surface area contributed by atoms with E-state index >= 15 is 0 Å². The number of anilines is 1. The summed E-state index contributed by atoms with van der Waals surface area (Å²) in [7, 11) is -3.72. The van der Waals surface area contributed by atoms with E-state index in [0.717, 1.165) is 0 Å². The highest BCUT2D eigenvalue weighted by Gasteiger charge is 2.14. The average molecular weight is 364 g/mol. The Hall–Kier alpha value is -2.40. The standard InChI is InChI=1S/C16H14ClN3O3S/c17-13-4-2-6-15(10-13)24(22,23)19-8-7-16(21)20-14-5-1-3-12(9-14)11-18/h1-6,9-10,19H,7-8H2,(H,20,21). The van der Waals surface area contributed by atoms with Gasteiger partial charge in [-0.2, -0.15) is 5.26 Å². The van der Waals surface area contributed by atoms with E-state index in [0.29, 0.717) is 16.3 Å². The molecule has 1 amide bonds. The fourth-order valence-electron chi connectivity index (χ4n) is 1.91. The van der Waals surface area contributed by atoms with E-state index in [1.165, 1.54) is 24.3 Å². The molecule has 0 aliphatic carbocycles. The zero-order chi connectivity index (χ0) is 17.6. The molecule has 2 N–H and O–H groups in total. The zero-order valence-corrected chi connectivity index (χ0v) is 14.1. The van der Waals surface area contributed by atoms with Gasteiger partial charge < -0.3 is 5.32 Å². The number of nitrogens with one attached hydrogen (secondary N) is 2. The molecule has 24 heavy (non-hydrogen) atoms. The lowest BCUT2D eigenvalue weighted by atomic mass is 10.2. The molecule has 0 atom stereocenters. The van der Waals surface area contributed by atoms with Crippen molar-refractivity contribution in [1.29, 1.82) is 5.26 Å². The van der Waals surface area contributed by atoms with Crippen LogP contribution in [0.5, 0.6) is 0 Å². The van der Waals surface area contributed by atoms with Gasteiger partial charge in [0.2, 0.25) is 15.9 Å². The second-order valence-corrected chi connectivity index (χ2v) is 7.05. The van der Waals surface area contributed by atoms with E-state index in [1.54, 1.807) is 24.3 Å². The van der Waals surface area contributed by atoms with Crippen LogP contribution in [-0.4, -0.2) is 20.9 Å². The molecule has 0 saturated carbocycles. The molecule has 0 spiro atoms. The molecular weight excluding hydrogens is 350 g/mol. The minimum Gasteiger partial charge on any atom is -0.326 e. The van der Waals surface area contributed by atoms with Crippen molar-refractivity contribution in [2.75, 3.05) is 11.9 Å². The van der Waals surface area contributed by atoms with Crippen LogP contribution in [0.4, 0.5) is 5.69 Å². The molecule has 0 aliphatic rings. The number of nitrogens with zero attached hydrogens (tertiary/aromatic N) is 1. The predicted molar refractivity (Wildman–Crippen MR) is 91.0 cm³/mol. The smallest absolute Gasteiger partial charge is 0.240 e. The van der Waals surface area contributed by atoms with Gasteiger partial charge in [-0.1, -0.05) is 23.7 Å². The van der Waals surface area contributed by atoms with Crippen LogP contribution >= 0.6 is 11.6 Å². The molecule has 0 aromatic heterocycles. The van der Waals surface area contributed by atoms with Crippen molar-refractivity contribution >= 4 is 33.2 Å². The van der Waals surface area contributed by atoms with E-state index in [-0.39, 0.29) is 23.8 Å². The van der Waals surface area contributed by atoms with Gasteiger partial charge in [0.15, 0.2) is 0 Å². The van der Waals surface area contributed by atoms with Gasteiger partial charge in [0.1, 0.15) is 0 Å². The number of amides is 1. The molecular formula is C16H14ClN3O3S. The summed E-state index contributed by atoms with van der Waals surface area (Å²) in [6.45, 7) is -0.0569. The van der Waals surface area contributed by atoms with Crippen LogP contribution in [0.2, 0.25) is 5.02 Å². The lowest BCUT2D eigenvalue weighted by molar-refractivity contribution is -0.116. The third-order valence-corrected chi connectivity index (χ3v) is 4.72. The Kier molecular flexibility index (Phi) is 5.93. The largest absolute Gasteiger partial charge is 0.326 e. The molecule has 124 valence electrons. The van der Waals surface area contributed by atoms with Gasteiger partial charge in [-0.15, -0.1) is 0 Å². The Labute approximate surface area is 145 Å². The van der Waals surface area contributed by atoms with Crippen molar-refractivity contribution in [1.82, 2.24) is 4.72 Å². The third kappa shape index (κ3) is 5.06. The molecule has 8 heteroatoms. The van der Waals surface area contributed by atoms with Gasteiger partial charge >= 0.3 is 0 Å². The second-order valence-electron chi connectivity index (χ2n) is 4.85.